The fourth-order valence-electron chi connectivity index (χ4n) is 0.238. The average Bonchev–Trinajstić information content (AvgIpc) is 1.80. The number of hydrogen-bond donors (Lipinski definition) is 2. The highest BCUT2D eigenvalue weighted by Gasteiger charge is 1.90. The number of carbonyl (C=O) groups is 1. The number of amides is 1. The number of nitrogens with one attached hydrogen (secondary N) is 1. The van der Waals surface area contributed by atoms with Crippen molar-refractivity contribution in [3.63, 3.8) is 0 Å². The van der Waals surface area contributed by atoms with Crippen molar-refractivity contribution in [2.75, 3.05) is 20.3 Å². The molecular weight excluding hydrogens is 126 g/mol. The zero-order valence-electron chi connectivity index (χ0n) is 5.09. The summed E-state index contributed by atoms with van der Waals surface area (Å²) in [6, 6.07) is 0. The summed E-state index contributed by atoms with van der Waals surface area (Å²) in [7, 11) is 1.50. The molecule has 5 heteroatoms. The standard InChI is InChI=1S/C4H9NO4/c1-8-2-3-9-5-4(6)7/h5H,2-3H2,1H3,(H,6,7). The molecular formula is C4H9NO4. The minimum Gasteiger partial charge on any atom is -0.464 e. The van der Waals surface area contributed by atoms with Crippen LogP contribution in [0, 0.1) is 0 Å². The molecule has 0 bridgehead atoms. The van der Waals surface area contributed by atoms with Gasteiger partial charge in [0.2, 0.25) is 0 Å². The number of hydroxylamine groups is 1. The first-order chi connectivity index (χ1) is 4.27. The van der Waals surface area contributed by atoms with E-state index in [1.807, 2.05) is 0 Å². The minimum atomic E-state index is -1.20. The van der Waals surface area contributed by atoms with Crippen LogP contribution in [-0.4, -0.2) is 31.5 Å². The quantitative estimate of drug-likeness (QED) is 0.415. The number of methoxy groups -OCH3 is 1. The van der Waals surface area contributed by atoms with E-state index >= 15 is 0 Å². The first-order valence-corrected chi connectivity index (χ1v) is 2.37. The molecule has 0 heterocycles. The summed E-state index contributed by atoms with van der Waals surface area (Å²) in [4.78, 5) is 14.0. The maximum Gasteiger partial charge on any atom is 0.428 e. The largest absolute Gasteiger partial charge is 0.464 e. The summed E-state index contributed by atoms with van der Waals surface area (Å²) in [5, 5.41) is 7.94. The Hall–Kier alpha value is -0.810. The fraction of sp³-hybridized carbons (Fsp3) is 0.750. The third kappa shape index (κ3) is 7.19. The monoisotopic (exact) mass is 135 g/mol. The van der Waals surface area contributed by atoms with Gasteiger partial charge >= 0.3 is 6.09 Å². The topological polar surface area (TPSA) is 67.8 Å². The maximum atomic E-state index is 9.69. The lowest BCUT2D eigenvalue weighted by atomic mass is 10.8. The molecule has 9 heavy (non-hydrogen) atoms. The Morgan fingerprint density at radius 1 is 1.67 bits per heavy atom. The summed E-state index contributed by atoms with van der Waals surface area (Å²) < 4.78 is 4.57. The molecule has 2 N–H and O–H groups in total. The van der Waals surface area contributed by atoms with Gasteiger partial charge in [0.15, 0.2) is 0 Å². The van der Waals surface area contributed by atoms with Crippen molar-refractivity contribution >= 4 is 6.09 Å². The van der Waals surface area contributed by atoms with Crippen molar-refractivity contribution in [3.8, 4) is 0 Å². The predicted molar refractivity (Wildman–Crippen MR) is 29.0 cm³/mol. The number of rotatable bonds is 4. The van der Waals surface area contributed by atoms with Crippen LogP contribution in [0.1, 0.15) is 0 Å². The highest BCUT2D eigenvalue weighted by molar-refractivity contribution is 5.62. The van der Waals surface area contributed by atoms with Gasteiger partial charge in [0, 0.05) is 7.11 Å². The Balaban J connectivity index is 2.83. The Bertz CT molecular complexity index is 84.6. The molecule has 0 atom stereocenters. The van der Waals surface area contributed by atoms with Gasteiger partial charge < -0.3 is 9.84 Å². The van der Waals surface area contributed by atoms with Gasteiger partial charge in [-0.15, -0.1) is 0 Å². The third-order valence-electron chi connectivity index (χ3n) is 0.549. The van der Waals surface area contributed by atoms with Gasteiger partial charge in [-0.05, 0) is 0 Å². The molecule has 1 amide bonds. The van der Waals surface area contributed by atoms with Gasteiger partial charge in [-0.1, -0.05) is 0 Å². The van der Waals surface area contributed by atoms with Crippen LogP contribution >= 0.6 is 0 Å². The van der Waals surface area contributed by atoms with Crippen LogP contribution in [0.3, 0.4) is 0 Å². The van der Waals surface area contributed by atoms with Crippen LogP contribution in [-0.2, 0) is 9.57 Å². The van der Waals surface area contributed by atoms with Gasteiger partial charge in [-0.2, -0.15) is 5.48 Å². The molecule has 0 radical (unpaired) electrons. The molecule has 0 aliphatic heterocycles. The first-order valence-electron chi connectivity index (χ1n) is 2.37. The first kappa shape index (κ1) is 8.19. The van der Waals surface area contributed by atoms with Gasteiger partial charge in [-0.3, -0.25) is 4.84 Å². The highest BCUT2D eigenvalue weighted by atomic mass is 16.7. The number of ether oxygens (including phenoxy) is 1. The van der Waals surface area contributed by atoms with E-state index in [0.717, 1.165) is 0 Å². The minimum absolute atomic E-state index is 0.225. The second-order valence-corrected chi connectivity index (χ2v) is 1.25. The molecule has 0 aromatic heterocycles. The molecule has 0 aliphatic carbocycles. The zero-order chi connectivity index (χ0) is 7.11. The Kier molecular flexibility index (Phi) is 4.85. The summed E-state index contributed by atoms with van der Waals surface area (Å²) in [6.45, 7) is 0.600. The van der Waals surface area contributed by atoms with E-state index < -0.39 is 6.09 Å². The van der Waals surface area contributed by atoms with Crippen molar-refractivity contribution in [1.82, 2.24) is 5.48 Å². The molecule has 0 rings (SSSR count). The second-order valence-electron chi connectivity index (χ2n) is 1.25. The average molecular weight is 135 g/mol. The van der Waals surface area contributed by atoms with E-state index in [1.165, 1.54) is 7.11 Å². The van der Waals surface area contributed by atoms with Gasteiger partial charge in [0.05, 0.1) is 13.2 Å². The van der Waals surface area contributed by atoms with E-state index in [2.05, 4.69) is 9.57 Å². The molecule has 0 aliphatic rings. The van der Waals surface area contributed by atoms with E-state index in [9.17, 15) is 4.79 Å². The molecule has 0 saturated heterocycles. The lowest BCUT2D eigenvalue weighted by Gasteiger charge is -1.99. The summed E-state index contributed by atoms with van der Waals surface area (Å²) in [5.41, 5.74) is 1.72. The van der Waals surface area contributed by atoms with Crippen LogP contribution < -0.4 is 5.48 Å². The smallest absolute Gasteiger partial charge is 0.428 e. The normalized spacial score (nSPS) is 9.00. The van der Waals surface area contributed by atoms with Crippen LogP contribution in [0.25, 0.3) is 0 Å². The molecule has 0 saturated carbocycles. The van der Waals surface area contributed by atoms with E-state index in [0.29, 0.717) is 6.61 Å². The van der Waals surface area contributed by atoms with Crippen molar-refractivity contribution in [2.24, 2.45) is 0 Å². The molecule has 0 fully saturated rings. The van der Waals surface area contributed by atoms with Crippen molar-refractivity contribution in [3.05, 3.63) is 0 Å². The van der Waals surface area contributed by atoms with Crippen LogP contribution in [0.2, 0.25) is 0 Å². The molecule has 54 valence electrons. The van der Waals surface area contributed by atoms with Gasteiger partial charge in [0.25, 0.3) is 0 Å². The molecule has 0 spiro atoms. The van der Waals surface area contributed by atoms with E-state index in [-0.39, 0.29) is 6.61 Å². The van der Waals surface area contributed by atoms with Crippen molar-refractivity contribution in [1.29, 1.82) is 0 Å². The summed E-state index contributed by atoms with van der Waals surface area (Å²) in [6.07, 6.45) is -1.20. The maximum absolute atomic E-state index is 9.69. The van der Waals surface area contributed by atoms with E-state index in [4.69, 9.17) is 5.11 Å². The van der Waals surface area contributed by atoms with Crippen LogP contribution in [0.4, 0.5) is 4.79 Å². The Labute approximate surface area is 52.5 Å². The Morgan fingerprint density at radius 2 is 2.33 bits per heavy atom. The lowest BCUT2D eigenvalue weighted by molar-refractivity contribution is 0.0122. The molecule has 0 aromatic carbocycles. The molecule has 0 unspecified atom stereocenters. The van der Waals surface area contributed by atoms with Gasteiger partial charge in [0.1, 0.15) is 0 Å². The Morgan fingerprint density at radius 3 is 2.78 bits per heavy atom. The zero-order valence-corrected chi connectivity index (χ0v) is 5.09. The lowest BCUT2D eigenvalue weighted by Crippen LogP contribution is -2.23. The fourth-order valence-corrected chi connectivity index (χ4v) is 0.238. The van der Waals surface area contributed by atoms with Crippen LogP contribution in [0.15, 0.2) is 0 Å². The predicted octanol–water partition coefficient (Wildman–Crippen LogP) is -0.168. The third-order valence-corrected chi connectivity index (χ3v) is 0.549. The summed E-state index contributed by atoms with van der Waals surface area (Å²) >= 11 is 0. The number of carboxylic acid groups (broad SMARTS) is 1. The second kappa shape index (κ2) is 5.33. The highest BCUT2D eigenvalue weighted by Crippen LogP contribution is 1.69. The van der Waals surface area contributed by atoms with Crippen molar-refractivity contribution < 1.29 is 19.5 Å². The molecule has 0 aromatic rings. The van der Waals surface area contributed by atoms with Crippen molar-refractivity contribution in [2.45, 2.75) is 0 Å². The molecule has 5 nitrogen and oxygen atoms in total. The SMILES string of the molecule is COCCONC(=O)O. The number of hydrogen-bond acceptors (Lipinski definition) is 3. The van der Waals surface area contributed by atoms with Gasteiger partial charge in [-0.25, -0.2) is 4.79 Å². The van der Waals surface area contributed by atoms with E-state index in [1.54, 1.807) is 5.48 Å². The summed E-state index contributed by atoms with van der Waals surface area (Å²) in [5.74, 6) is 0. The van der Waals surface area contributed by atoms with Crippen LogP contribution in [0.5, 0.6) is 0 Å².